The SMILES string of the molecule is CCCC1=C(C(=O)OCC)[C@@H](c2cc(Cl)ccc2OC)n2c(s/c(=C/c3ccc(-c4ccc(Cl)c(Cl)c4)o3)c2=O)=N1. The third kappa shape index (κ3) is 5.75. The zero-order valence-electron chi connectivity index (χ0n) is 22.4. The zero-order chi connectivity index (χ0) is 29.3. The van der Waals surface area contributed by atoms with Crippen LogP contribution in [0.4, 0.5) is 0 Å². The molecule has 1 aliphatic rings. The Labute approximate surface area is 254 Å². The molecule has 4 aromatic rings. The maximum atomic E-state index is 14.0. The molecule has 0 bridgehead atoms. The maximum absolute atomic E-state index is 14.0. The fourth-order valence-corrected chi connectivity index (χ4v) is 6.18. The number of ether oxygens (including phenoxy) is 2. The summed E-state index contributed by atoms with van der Waals surface area (Å²) in [6, 6.07) is 13.0. The Morgan fingerprint density at radius 1 is 1.10 bits per heavy atom. The molecule has 1 atom stereocenters. The Morgan fingerprint density at radius 2 is 1.90 bits per heavy atom. The number of halogens is 3. The van der Waals surface area contributed by atoms with Crippen LogP contribution >= 0.6 is 46.1 Å². The van der Waals surface area contributed by atoms with Gasteiger partial charge in [0, 0.05) is 22.2 Å². The van der Waals surface area contributed by atoms with Crippen molar-refractivity contribution < 1.29 is 18.7 Å². The lowest BCUT2D eigenvalue weighted by atomic mass is 9.93. The second kappa shape index (κ2) is 12.3. The fourth-order valence-electron chi connectivity index (χ4n) is 4.70. The number of fused-ring (bicyclic) bond motifs is 1. The molecule has 11 heteroatoms. The van der Waals surface area contributed by atoms with E-state index in [0.717, 1.165) is 12.0 Å². The van der Waals surface area contributed by atoms with Gasteiger partial charge in [0.1, 0.15) is 23.3 Å². The number of carbonyl (C=O) groups is 1. The number of thiazole rings is 1. The zero-order valence-corrected chi connectivity index (χ0v) is 25.5. The average molecular weight is 632 g/mol. The summed E-state index contributed by atoms with van der Waals surface area (Å²) in [5.74, 6) is 0.967. The van der Waals surface area contributed by atoms with Gasteiger partial charge in [-0.05, 0) is 61.9 Å². The standard InChI is InChI=1S/C30H25Cl3N2O5S/c1-4-6-22-26(29(37)39-5-2)27(19-14-17(31)8-11-24(19)38-3)35-28(36)25(41-30(35)34-22)15-18-9-12-23(40-18)16-7-10-20(32)21(33)13-16/h7-15,27H,4-6H2,1-3H3/b25-15+/t27-/m1/s1. The second-order valence-electron chi connectivity index (χ2n) is 9.13. The van der Waals surface area contributed by atoms with Gasteiger partial charge in [-0.15, -0.1) is 0 Å². The van der Waals surface area contributed by atoms with Crippen molar-refractivity contribution in [1.82, 2.24) is 4.57 Å². The van der Waals surface area contributed by atoms with E-state index in [1.165, 1.54) is 23.0 Å². The first-order valence-corrected chi connectivity index (χ1v) is 14.8. The van der Waals surface area contributed by atoms with Crippen LogP contribution < -0.4 is 19.6 Å². The minimum atomic E-state index is -0.856. The monoisotopic (exact) mass is 630 g/mol. The van der Waals surface area contributed by atoms with Crippen molar-refractivity contribution in [2.45, 2.75) is 32.7 Å². The molecule has 0 saturated heterocycles. The summed E-state index contributed by atoms with van der Waals surface area (Å²) in [6.07, 6.45) is 2.91. The van der Waals surface area contributed by atoms with Gasteiger partial charge in [0.2, 0.25) is 0 Å². The molecule has 2 aromatic carbocycles. The minimum Gasteiger partial charge on any atom is -0.496 e. The molecular weight excluding hydrogens is 607 g/mol. The van der Waals surface area contributed by atoms with Crippen LogP contribution in [0.25, 0.3) is 17.4 Å². The van der Waals surface area contributed by atoms with Gasteiger partial charge in [-0.3, -0.25) is 9.36 Å². The van der Waals surface area contributed by atoms with E-state index in [2.05, 4.69) is 0 Å². The number of carbonyl (C=O) groups excluding carboxylic acids is 1. The largest absolute Gasteiger partial charge is 0.496 e. The maximum Gasteiger partial charge on any atom is 0.338 e. The van der Waals surface area contributed by atoms with E-state index >= 15 is 0 Å². The summed E-state index contributed by atoms with van der Waals surface area (Å²) in [5.41, 5.74) is 1.81. The molecule has 0 unspecified atom stereocenters. The lowest BCUT2D eigenvalue weighted by Gasteiger charge is -2.27. The second-order valence-corrected chi connectivity index (χ2v) is 11.4. The number of rotatable bonds is 8. The van der Waals surface area contributed by atoms with Gasteiger partial charge in [0.25, 0.3) is 5.56 Å². The van der Waals surface area contributed by atoms with Crippen LogP contribution in [0.2, 0.25) is 15.1 Å². The lowest BCUT2D eigenvalue weighted by molar-refractivity contribution is -0.139. The van der Waals surface area contributed by atoms with Crippen LogP contribution in [0.1, 0.15) is 44.1 Å². The number of furan rings is 1. The smallest absolute Gasteiger partial charge is 0.338 e. The van der Waals surface area contributed by atoms with Crippen LogP contribution in [0.15, 0.2) is 74.0 Å². The molecule has 0 saturated carbocycles. The van der Waals surface area contributed by atoms with Crippen LogP contribution in [0.5, 0.6) is 5.75 Å². The normalized spacial score (nSPS) is 15.1. The third-order valence-corrected chi connectivity index (χ3v) is 8.44. The van der Waals surface area contributed by atoms with Crippen molar-refractivity contribution in [3.8, 4) is 17.1 Å². The summed E-state index contributed by atoms with van der Waals surface area (Å²) in [5, 5.41) is 1.29. The van der Waals surface area contributed by atoms with Gasteiger partial charge >= 0.3 is 5.97 Å². The van der Waals surface area contributed by atoms with E-state index in [9.17, 15) is 9.59 Å². The number of hydrogen-bond donors (Lipinski definition) is 0. The highest BCUT2D eigenvalue weighted by Crippen LogP contribution is 2.38. The van der Waals surface area contributed by atoms with Crippen molar-refractivity contribution in [2.24, 2.45) is 4.99 Å². The number of benzene rings is 2. The summed E-state index contributed by atoms with van der Waals surface area (Å²) >= 11 is 19.8. The molecule has 1 aliphatic heterocycles. The predicted octanol–water partition coefficient (Wildman–Crippen LogP) is 6.81. The number of esters is 1. The van der Waals surface area contributed by atoms with Gasteiger partial charge in [-0.2, -0.15) is 0 Å². The van der Waals surface area contributed by atoms with E-state index < -0.39 is 12.0 Å². The van der Waals surface area contributed by atoms with Crippen LogP contribution in [-0.4, -0.2) is 24.3 Å². The number of nitrogens with zero attached hydrogens (tertiary/aromatic N) is 2. The summed E-state index contributed by atoms with van der Waals surface area (Å²) in [6.45, 7) is 3.90. The highest BCUT2D eigenvalue weighted by molar-refractivity contribution is 7.07. The van der Waals surface area contributed by atoms with E-state index in [0.29, 0.717) is 59.4 Å². The summed E-state index contributed by atoms with van der Waals surface area (Å²) in [4.78, 5) is 32.6. The van der Waals surface area contributed by atoms with E-state index in [4.69, 9.17) is 53.7 Å². The van der Waals surface area contributed by atoms with Gasteiger partial charge in [-0.1, -0.05) is 59.5 Å². The predicted molar refractivity (Wildman–Crippen MR) is 162 cm³/mol. The quantitative estimate of drug-likeness (QED) is 0.200. The van der Waals surface area contributed by atoms with Gasteiger partial charge in [-0.25, -0.2) is 9.79 Å². The van der Waals surface area contributed by atoms with Gasteiger partial charge < -0.3 is 13.9 Å². The van der Waals surface area contributed by atoms with Crippen LogP contribution in [0, 0.1) is 0 Å². The Kier molecular flexibility index (Phi) is 8.75. The molecule has 3 heterocycles. The molecule has 2 aromatic heterocycles. The molecule has 0 fully saturated rings. The van der Waals surface area contributed by atoms with Crippen molar-refractivity contribution in [3.05, 3.63) is 106 Å². The van der Waals surface area contributed by atoms with Crippen LogP contribution in [0.3, 0.4) is 0 Å². The molecule has 7 nitrogen and oxygen atoms in total. The summed E-state index contributed by atoms with van der Waals surface area (Å²) in [7, 11) is 1.53. The molecular formula is C30H25Cl3N2O5S. The molecule has 0 N–H and O–H groups in total. The Bertz CT molecular complexity index is 1850. The molecule has 0 amide bonds. The van der Waals surface area contributed by atoms with Gasteiger partial charge in [0.15, 0.2) is 4.80 Å². The van der Waals surface area contributed by atoms with E-state index in [1.807, 2.05) is 6.92 Å². The van der Waals surface area contributed by atoms with Gasteiger partial charge in [0.05, 0.1) is 39.6 Å². The Hall–Kier alpha value is -3.30. The van der Waals surface area contributed by atoms with Crippen molar-refractivity contribution in [2.75, 3.05) is 13.7 Å². The van der Waals surface area contributed by atoms with E-state index in [1.54, 1.807) is 61.5 Å². The number of methoxy groups -OCH3 is 1. The Balaban J connectivity index is 1.70. The Morgan fingerprint density at radius 3 is 2.61 bits per heavy atom. The number of hydrogen-bond acceptors (Lipinski definition) is 7. The van der Waals surface area contributed by atoms with E-state index in [-0.39, 0.29) is 17.7 Å². The first kappa shape index (κ1) is 29.2. The molecule has 0 aliphatic carbocycles. The lowest BCUT2D eigenvalue weighted by Crippen LogP contribution is -2.40. The van der Waals surface area contributed by atoms with Crippen molar-refractivity contribution in [3.63, 3.8) is 0 Å². The minimum absolute atomic E-state index is 0.172. The fraction of sp³-hybridized carbons (Fsp3) is 0.233. The first-order chi connectivity index (χ1) is 19.7. The highest BCUT2D eigenvalue weighted by atomic mass is 35.5. The van der Waals surface area contributed by atoms with Crippen LogP contribution in [-0.2, 0) is 9.53 Å². The third-order valence-electron chi connectivity index (χ3n) is 6.48. The highest BCUT2D eigenvalue weighted by Gasteiger charge is 2.36. The molecule has 41 heavy (non-hydrogen) atoms. The van der Waals surface area contributed by atoms with Crippen molar-refractivity contribution in [1.29, 1.82) is 0 Å². The topological polar surface area (TPSA) is 83.0 Å². The first-order valence-electron chi connectivity index (χ1n) is 12.9. The number of allylic oxidation sites excluding steroid dienone is 1. The summed E-state index contributed by atoms with van der Waals surface area (Å²) < 4.78 is 19.0. The average Bonchev–Trinajstić information content (AvgIpc) is 3.54. The molecule has 0 radical (unpaired) electrons. The molecule has 212 valence electrons. The molecule has 5 rings (SSSR count). The van der Waals surface area contributed by atoms with Crippen molar-refractivity contribution >= 4 is 58.2 Å². The number of aromatic nitrogens is 1. The molecule has 0 spiro atoms.